The zero-order valence-corrected chi connectivity index (χ0v) is 36.6. The lowest BCUT2D eigenvalue weighted by Crippen LogP contribution is -2.33. The first kappa shape index (κ1) is 44.2. The van der Waals surface area contributed by atoms with Crippen LogP contribution < -0.4 is 10.2 Å². The molecule has 2 aliphatic rings. The molecule has 2 aliphatic carbocycles. The van der Waals surface area contributed by atoms with Crippen molar-refractivity contribution in [1.29, 1.82) is 0 Å². The number of nitrogens with one attached hydrogen (secondary N) is 1. The SMILES string of the molecule is CC(C)(C)CC(=O)CBr.CCN(CC(=O)CC(C)(C)C)c1nc(-c2cc(Cl)ccn2)nc2c1CCC2.CCNc1nc(-c2cc(Cl)ccn2)nc2c1CCC2. The van der Waals surface area contributed by atoms with Gasteiger partial charge in [-0.2, -0.15) is 0 Å². The fraction of sp³-hybridized carbons (Fsp3) is 0.524. The highest BCUT2D eigenvalue weighted by Gasteiger charge is 2.26. The summed E-state index contributed by atoms with van der Waals surface area (Å²) in [4.78, 5) is 52.9. The molecule has 0 bridgehead atoms. The van der Waals surface area contributed by atoms with Crippen LogP contribution in [0.15, 0.2) is 36.7 Å². The summed E-state index contributed by atoms with van der Waals surface area (Å²) in [7, 11) is 0. The third-order valence-corrected chi connectivity index (χ3v) is 9.84. The number of carbonyl (C=O) groups is 2. The standard InChI is InChI=1S/C21H27ClN4O.C14H15ClN4.C7H13BrO/c1-5-26(13-15(27)12-21(2,3)4)20-16-7-6-8-17(16)24-19(25-20)18-11-14(22)9-10-23-18;1-2-16-13-10-4-3-5-11(10)18-14(19-13)12-8-9(15)6-7-17-12;1-7(2,3)4-6(9)5-8/h9-11H,5-8,12-13H2,1-4H3;6-8H,2-5H2,1H3,(H,16,18,19);4-5H2,1-3H3. The Labute approximate surface area is 345 Å². The van der Waals surface area contributed by atoms with Gasteiger partial charge in [-0.15, -0.1) is 0 Å². The van der Waals surface area contributed by atoms with Crippen LogP contribution in [-0.4, -0.2) is 66.4 Å². The van der Waals surface area contributed by atoms with Crippen LogP contribution in [0.25, 0.3) is 23.0 Å². The number of hydrogen-bond donors (Lipinski definition) is 1. The molecule has 4 aromatic heterocycles. The lowest BCUT2D eigenvalue weighted by molar-refractivity contribution is -0.119. The van der Waals surface area contributed by atoms with E-state index in [4.69, 9.17) is 33.2 Å². The summed E-state index contributed by atoms with van der Waals surface area (Å²) in [5.74, 6) is 3.56. The second-order valence-corrected chi connectivity index (χ2v) is 17.7. The summed E-state index contributed by atoms with van der Waals surface area (Å²) >= 11 is 15.2. The largest absolute Gasteiger partial charge is 0.370 e. The summed E-state index contributed by atoms with van der Waals surface area (Å²) < 4.78 is 0. The number of aromatic nitrogens is 6. The van der Waals surface area contributed by atoms with Gasteiger partial charge in [-0.1, -0.05) is 80.7 Å². The Kier molecular flexibility index (Phi) is 16.1. The van der Waals surface area contributed by atoms with E-state index >= 15 is 0 Å². The van der Waals surface area contributed by atoms with Gasteiger partial charge in [-0.25, -0.2) is 19.9 Å². The highest BCUT2D eigenvalue weighted by Crippen LogP contribution is 2.32. The van der Waals surface area contributed by atoms with E-state index in [1.807, 2.05) is 0 Å². The Morgan fingerprint density at radius 3 is 1.73 bits per heavy atom. The van der Waals surface area contributed by atoms with Gasteiger partial charge in [0.2, 0.25) is 0 Å². The third-order valence-electron chi connectivity index (χ3n) is 8.74. The van der Waals surface area contributed by atoms with Gasteiger partial charge in [0.25, 0.3) is 0 Å². The van der Waals surface area contributed by atoms with Crippen molar-refractivity contribution in [2.45, 2.75) is 107 Å². The Hall–Kier alpha value is -3.54. The van der Waals surface area contributed by atoms with Crippen LogP contribution in [0, 0.1) is 10.8 Å². The van der Waals surface area contributed by atoms with E-state index in [9.17, 15) is 9.59 Å². The molecule has 55 heavy (non-hydrogen) atoms. The number of nitrogens with zero attached hydrogens (tertiary/aromatic N) is 7. The van der Waals surface area contributed by atoms with Crippen molar-refractivity contribution < 1.29 is 9.59 Å². The first-order valence-electron chi connectivity index (χ1n) is 19.1. The van der Waals surface area contributed by atoms with Crippen LogP contribution >= 0.6 is 39.1 Å². The van der Waals surface area contributed by atoms with E-state index in [0.29, 0.717) is 52.1 Å². The van der Waals surface area contributed by atoms with Gasteiger partial charge in [0.1, 0.15) is 28.8 Å². The first-order chi connectivity index (χ1) is 26.0. The number of carbonyl (C=O) groups excluding carboxylic acids is 2. The molecule has 0 saturated carbocycles. The summed E-state index contributed by atoms with van der Waals surface area (Å²) in [6, 6.07) is 7.07. The zero-order valence-electron chi connectivity index (χ0n) is 33.5. The quantitative estimate of drug-likeness (QED) is 0.146. The van der Waals surface area contributed by atoms with Gasteiger partial charge in [0.05, 0.1) is 11.9 Å². The second kappa shape index (κ2) is 20.1. The van der Waals surface area contributed by atoms with E-state index < -0.39 is 0 Å². The third kappa shape index (κ3) is 13.6. The lowest BCUT2D eigenvalue weighted by Gasteiger charge is -2.26. The number of pyridine rings is 2. The second-order valence-electron chi connectivity index (χ2n) is 16.3. The van der Waals surface area contributed by atoms with Crippen molar-refractivity contribution in [3.8, 4) is 23.0 Å². The average Bonchev–Trinajstić information content (AvgIpc) is 3.80. The molecule has 4 heterocycles. The number of likely N-dealkylation sites (N-methyl/N-ethyl adjacent to an activating group) is 1. The maximum atomic E-state index is 12.6. The predicted octanol–water partition coefficient (Wildman–Crippen LogP) is 10.0. The molecule has 4 aromatic rings. The lowest BCUT2D eigenvalue weighted by atomic mass is 9.90. The predicted molar refractivity (Wildman–Crippen MR) is 229 cm³/mol. The fourth-order valence-electron chi connectivity index (χ4n) is 6.54. The molecular weight excluding hydrogens is 799 g/mol. The fourth-order valence-corrected chi connectivity index (χ4v) is 7.06. The summed E-state index contributed by atoms with van der Waals surface area (Å²) in [5, 5.41) is 5.07. The van der Waals surface area contributed by atoms with E-state index in [1.165, 1.54) is 11.1 Å². The maximum Gasteiger partial charge on any atom is 0.180 e. The number of Topliss-reactive ketones (excluding diaryl/α,β-unsaturated/α-hetero) is 2. The molecule has 0 spiro atoms. The minimum atomic E-state index is -0.0139. The summed E-state index contributed by atoms with van der Waals surface area (Å²) in [6.07, 6.45) is 10.7. The van der Waals surface area contributed by atoms with Gasteiger partial charge >= 0.3 is 0 Å². The average molecular weight is 855 g/mol. The van der Waals surface area contributed by atoms with E-state index in [1.54, 1.807) is 36.7 Å². The summed E-state index contributed by atoms with van der Waals surface area (Å²) in [6.45, 7) is 18.5. The molecule has 296 valence electrons. The monoisotopic (exact) mass is 852 g/mol. The van der Waals surface area contributed by atoms with Crippen molar-refractivity contribution in [1.82, 2.24) is 29.9 Å². The van der Waals surface area contributed by atoms with E-state index in [2.05, 4.69) is 101 Å². The molecule has 0 aliphatic heterocycles. The van der Waals surface area contributed by atoms with Gasteiger partial charge < -0.3 is 10.2 Å². The van der Waals surface area contributed by atoms with Gasteiger partial charge in [0.15, 0.2) is 17.4 Å². The normalized spacial score (nSPS) is 13.1. The number of anilines is 2. The number of alkyl halides is 1. The van der Waals surface area contributed by atoms with Crippen molar-refractivity contribution in [3.63, 3.8) is 0 Å². The van der Waals surface area contributed by atoms with Crippen molar-refractivity contribution >= 4 is 62.3 Å². The number of fused-ring (bicyclic) bond motifs is 2. The number of ketones is 2. The maximum absolute atomic E-state index is 12.6. The van der Waals surface area contributed by atoms with Crippen molar-refractivity contribution in [2.24, 2.45) is 10.8 Å². The van der Waals surface area contributed by atoms with Crippen LogP contribution in [-0.2, 0) is 35.3 Å². The van der Waals surface area contributed by atoms with E-state index in [-0.39, 0.29) is 22.4 Å². The Morgan fingerprint density at radius 2 is 1.25 bits per heavy atom. The van der Waals surface area contributed by atoms with Crippen LogP contribution in [0.2, 0.25) is 10.0 Å². The van der Waals surface area contributed by atoms with Crippen LogP contribution in [0.1, 0.15) is 104 Å². The molecule has 10 nitrogen and oxygen atoms in total. The van der Waals surface area contributed by atoms with Crippen molar-refractivity contribution in [2.75, 3.05) is 35.2 Å². The zero-order chi connectivity index (χ0) is 40.3. The topological polar surface area (TPSA) is 127 Å². The molecule has 0 aromatic carbocycles. The Bertz CT molecular complexity index is 1940. The van der Waals surface area contributed by atoms with Crippen LogP contribution in [0.3, 0.4) is 0 Å². The van der Waals surface area contributed by atoms with Crippen molar-refractivity contribution in [3.05, 3.63) is 69.2 Å². The molecule has 0 saturated heterocycles. The molecule has 6 rings (SSSR count). The molecule has 0 atom stereocenters. The molecule has 0 unspecified atom stereocenters. The molecule has 0 fully saturated rings. The number of halogens is 3. The molecule has 0 radical (unpaired) electrons. The van der Waals surface area contributed by atoms with Crippen LogP contribution in [0.4, 0.5) is 11.6 Å². The highest BCUT2D eigenvalue weighted by atomic mass is 79.9. The molecular formula is C42H55BrCl2N8O2. The molecule has 0 amide bonds. The minimum absolute atomic E-state index is 0.0139. The van der Waals surface area contributed by atoms with Gasteiger partial charge in [0, 0.05) is 70.9 Å². The van der Waals surface area contributed by atoms with Gasteiger partial charge in [-0.3, -0.25) is 19.6 Å². The van der Waals surface area contributed by atoms with E-state index in [0.717, 1.165) is 80.3 Å². The number of rotatable bonds is 11. The summed E-state index contributed by atoms with van der Waals surface area (Å²) in [5.41, 5.74) is 6.15. The number of hydrogen-bond acceptors (Lipinski definition) is 10. The minimum Gasteiger partial charge on any atom is -0.370 e. The Balaban J connectivity index is 0.000000208. The number of aryl methyl sites for hydroxylation is 2. The highest BCUT2D eigenvalue weighted by molar-refractivity contribution is 9.09. The first-order valence-corrected chi connectivity index (χ1v) is 21.0. The smallest absolute Gasteiger partial charge is 0.180 e. The Morgan fingerprint density at radius 1 is 0.745 bits per heavy atom. The molecule has 1 N–H and O–H groups in total. The van der Waals surface area contributed by atoms with Gasteiger partial charge in [-0.05, 0) is 87.5 Å². The molecule has 13 heteroatoms. The van der Waals surface area contributed by atoms with Crippen LogP contribution in [0.5, 0.6) is 0 Å².